The third-order valence-electron chi connectivity index (χ3n) is 13.6. The number of benzene rings is 7. The summed E-state index contributed by atoms with van der Waals surface area (Å²) in [5.41, 5.74) is 29.4. The topological polar surface area (TPSA) is 0 Å². The van der Waals surface area contributed by atoms with Crippen molar-refractivity contribution in [2.45, 2.75) is 12.3 Å². The Balaban J connectivity index is 1.05. The Labute approximate surface area is 327 Å². The maximum Gasteiger partial charge on any atom is 0.0209 e. The standard InChI is InChI=1S/C56H36/c1-5-13-33(14-6-1)37-21-22-38(34-15-7-2-8-16-34)50-46-30-26-42-44-28-32-48-52-40(36-19-11-4-12-20-36)24-23-39(35-17-9-3-10-18-35)51(52)47-31-27-43(54(44)56(47)48)41-25-29-45(49(37)50)55(46)53(41)42/h1-27,29-32,44,53,55H,28H2. The van der Waals surface area contributed by atoms with Crippen LogP contribution in [-0.4, -0.2) is 0 Å². The molecule has 0 saturated carbocycles. The molecule has 3 unspecified atom stereocenters. The minimum absolute atomic E-state index is 0.302. The average Bonchev–Trinajstić information content (AvgIpc) is 3.80. The second-order valence-corrected chi connectivity index (χ2v) is 16.1. The highest BCUT2D eigenvalue weighted by Gasteiger charge is 2.51. The Bertz CT molecular complexity index is 3000. The van der Waals surface area contributed by atoms with Crippen LogP contribution in [0.2, 0.25) is 0 Å². The molecule has 3 atom stereocenters. The van der Waals surface area contributed by atoms with Crippen LogP contribution in [0.1, 0.15) is 45.7 Å². The lowest BCUT2D eigenvalue weighted by Crippen LogP contribution is -2.31. The molecule has 0 amide bonds. The van der Waals surface area contributed by atoms with E-state index in [-0.39, 0.29) is 0 Å². The van der Waals surface area contributed by atoms with Crippen molar-refractivity contribution in [1.29, 1.82) is 0 Å². The largest absolute Gasteiger partial charge is 0.0750 e. The van der Waals surface area contributed by atoms with Crippen molar-refractivity contribution in [3.63, 3.8) is 0 Å². The van der Waals surface area contributed by atoms with Crippen LogP contribution in [0, 0.1) is 11.8 Å². The van der Waals surface area contributed by atoms with E-state index >= 15 is 0 Å². The third-order valence-corrected chi connectivity index (χ3v) is 13.6. The zero-order valence-electron chi connectivity index (χ0n) is 30.8. The third kappa shape index (κ3) is 3.98. The van der Waals surface area contributed by atoms with Crippen molar-refractivity contribution in [3.05, 3.63) is 227 Å². The Kier molecular flexibility index (Phi) is 6.21. The normalized spacial score (nSPS) is 19.7. The maximum absolute atomic E-state index is 2.60. The molecule has 0 spiro atoms. The van der Waals surface area contributed by atoms with Gasteiger partial charge in [-0.05, 0) is 118 Å². The van der Waals surface area contributed by atoms with Gasteiger partial charge in [0.1, 0.15) is 0 Å². The SMILES string of the molecule is C1=C2c3c(-c4ccccc4)ccc(-c4ccccc4)c3-c3ccc4c(c32)C(C1)C1=CC=C2c3c(-c5ccccc5)ccc(-c5ccccc5)c3C3=CC=C4C1C32. The van der Waals surface area contributed by atoms with Crippen LogP contribution in [0.3, 0.4) is 0 Å². The van der Waals surface area contributed by atoms with E-state index in [0.29, 0.717) is 17.8 Å². The van der Waals surface area contributed by atoms with Gasteiger partial charge in [0.05, 0.1) is 0 Å². The van der Waals surface area contributed by atoms with Gasteiger partial charge >= 0.3 is 0 Å². The van der Waals surface area contributed by atoms with Crippen molar-refractivity contribution in [2.24, 2.45) is 11.8 Å². The molecular weight excluding hydrogens is 673 g/mol. The van der Waals surface area contributed by atoms with E-state index in [1.165, 1.54) is 106 Å². The predicted molar refractivity (Wildman–Crippen MR) is 233 cm³/mol. The summed E-state index contributed by atoms with van der Waals surface area (Å²) in [6.07, 6.45) is 13.7. The molecule has 0 nitrogen and oxygen atoms in total. The van der Waals surface area contributed by atoms with E-state index in [1.54, 1.807) is 11.1 Å². The monoisotopic (exact) mass is 708 g/mol. The molecule has 0 N–H and O–H groups in total. The number of allylic oxidation sites excluding steroid dienone is 9. The quantitative estimate of drug-likeness (QED) is 0.171. The zero-order chi connectivity index (χ0) is 36.5. The minimum atomic E-state index is 0.302. The molecule has 56 heavy (non-hydrogen) atoms. The van der Waals surface area contributed by atoms with Crippen molar-refractivity contribution >= 4 is 22.3 Å². The first kappa shape index (κ1) is 30.6. The van der Waals surface area contributed by atoms with Gasteiger partial charge in [-0.15, -0.1) is 0 Å². The molecule has 0 bridgehead atoms. The molecule has 0 fully saturated rings. The van der Waals surface area contributed by atoms with Gasteiger partial charge in [-0.3, -0.25) is 0 Å². The number of fused-ring (bicyclic) bond motifs is 8. The van der Waals surface area contributed by atoms with E-state index in [9.17, 15) is 0 Å². The molecule has 0 heteroatoms. The molecule has 0 saturated heterocycles. The molecule has 7 aromatic carbocycles. The van der Waals surface area contributed by atoms with Gasteiger partial charge in [0.15, 0.2) is 0 Å². The van der Waals surface area contributed by atoms with Gasteiger partial charge < -0.3 is 0 Å². The molecule has 0 heterocycles. The van der Waals surface area contributed by atoms with E-state index < -0.39 is 0 Å². The van der Waals surface area contributed by atoms with Crippen LogP contribution < -0.4 is 0 Å². The van der Waals surface area contributed by atoms with Gasteiger partial charge in [-0.2, -0.15) is 0 Å². The zero-order valence-corrected chi connectivity index (χ0v) is 30.8. The van der Waals surface area contributed by atoms with Crippen LogP contribution >= 0.6 is 0 Å². The molecule has 0 aromatic heterocycles. The fourth-order valence-electron chi connectivity index (χ4n) is 11.4. The summed E-state index contributed by atoms with van der Waals surface area (Å²) in [6.45, 7) is 0. The van der Waals surface area contributed by atoms with Gasteiger partial charge in [0, 0.05) is 17.8 Å². The van der Waals surface area contributed by atoms with E-state index in [2.05, 4.69) is 188 Å². The maximum atomic E-state index is 2.60. The summed E-state index contributed by atoms with van der Waals surface area (Å²) in [4.78, 5) is 0. The summed E-state index contributed by atoms with van der Waals surface area (Å²) in [6, 6.07) is 58.5. The predicted octanol–water partition coefficient (Wildman–Crippen LogP) is 14.3. The lowest BCUT2D eigenvalue weighted by molar-refractivity contribution is 0.589. The summed E-state index contributed by atoms with van der Waals surface area (Å²) >= 11 is 0. The summed E-state index contributed by atoms with van der Waals surface area (Å²) in [5.74, 6) is 0.975. The summed E-state index contributed by atoms with van der Waals surface area (Å²) in [7, 11) is 0. The highest BCUT2D eigenvalue weighted by molar-refractivity contribution is 6.14. The minimum Gasteiger partial charge on any atom is -0.0750 e. The van der Waals surface area contributed by atoms with Gasteiger partial charge in [0.2, 0.25) is 0 Å². The smallest absolute Gasteiger partial charge is 0.0209 e. The molecule has 0 radical (unpaired) electrons. The van der Waals surface area contributed by atoms with Gasteiger partial charge in [-0.1, -0.05) is 194 Å². The van der Waals surface area contributed by atoms with E-state index in [1.807, 2.05) is 0 Å². The van der Waals surface area contributed by atoms with Crippen LogP contribution in [0.25, 0.3) is 77.9 Å². The highest BCUT2D eigenvalue weighted by atomic mass is 14.5. The first-order valence-electron chi connectivity index (χ1n) is 20.1. The molecule has 260 valence electrons. The second-order valence-electron chi connectivity index (χ2n) is 16.1. The summed E-state index contributed by atoms with van der Waals surface area (Å²) < 4.78 is 0. The first-order valence-corrected chi connectivity index (χ1v) is 20.1. The van der Waals surface area contributed by atoms with Crippen LogP contribution in [0.5, 0.6) is 0 Å². The molecular formula is C56H36. The van der Waals surface area contributed by atoms with Crippen LogP contribution in [0.4, 0.5) is 0 Å². The van der Waals surface area contributed by atoms with Crippen molar-refractivity contribution in [1.82, 2.24) is 0 Å². The van der Waals surface area contributed by atoms with Gasteiger partial charge in [0.25, 0.3) is 0 Å². The number of rotatable bonds is 4. The van der Waals surface area contributed by atoms with Crippen LogP contribution in [-0.2, 0) is 0 Å². The lowest BCUT2D eigenvalue weighted by Gasteiger charge is -2.45. The average molecular weight is 709 g/mol. The van der Waals surface area contributed by atoms with Gasteiger partial charge in [-0.25, -0.2) is 0 Å². The molecule has 0 aliphatic heterocycles. The lowest BCUT2D eigenvalue weighted by atomic mass is 9.58. The highest BCUT2D eigenvalue weighted by Crippen LogP contribution is 2.67. The molecule has 6 aliphatic carbocycles. The van der Waals surface area contributed by atoms with E-state index in [0.717, 1.165) is 6.42 Å². The fraction of sp³-hybridized carbons (Fsp3) is 0.0714. The molecule has 6 aliphatic rings. The Morgan fingerprint density at radius 2 is 0.750 bits per heavy atom. The van der Waals surface area contributed by atoms with Crippen molar-refractivity contribution < 1.29 is 0 Å². The summed E-state index contributed by atoms with van der Waals surface area (Å²) in [5, 5.41) is 0. The van der Waals surface area contributed by atoms with Crippen molar-refractivity contribution in [2.75, 3.05) is 0 Å². The first-order chi connectivity index (χ1) is 27.8. The van der Waals surface area contributed by atoms with E-state index in [4.69, 9.17) is 0 Å². The van der Waals surface area contributed by atoms with Crippen LogP contribution in [0.15, 0.2) is 194 Å². The van der Waals surface area contributed by atoms with Crippen molar-refractivity contribution in [3.8, 4) is 55.6 Å². The number of hydrogen-bond acceptors (Lipinski definition) is 0. The Hall–Kier alpha value is -6.76. The fourth-order valence-corrected chi connectivity index (χ4v) is 11.4. The number of hydrogen-bond donors (Lipinski definition) is 0. The molecule has 7 aromatic rings. The Morgan fingerprint density at radius 1 is 0.321 bits per heavy atom. The Morgan fingerprint density at radius 3 is 1.29 bits per heavy atom. The molecule has 13 rings (SSSR count). The second kappa shape index (κ2) is 11.4.